The van der Waals surface area contributed by atoms with E-state index in [4.69, 9.17) is 4.74 Å². The van der Waals surface area contributed by atoms with Crippen LogP contribution >= 0.6 is 0 Å². The first kappa shape index (κ1) is 19.0. The molecule has 0 saturated carbocycles. The lowest BCUT2D eigenvalue weighted by Crippen LogP contribution is -2.57. The molecule has 3 saturated heterocycles. The van der Waals surface area contributed by atoms with E-state index in [2.05, 4.69) is 4.90 Å². The van der Waals surface area contributed by atoms with Crippen molar-refractivity contribution in [2.24, 2.45) is 0 Å². The second kappa shape index (κ2) is 8.30. The fraction of sp³-hybridized carbons (Fsp3) is 0.938. The van der Waals surface area contributed by atoms with Gasteiger partial charge in [0, 0.05) is 65.4 Å². The number of nitrogens with zero attached hydrogens (tertiary/aromatic N) is 4. The van der Waals surface area contributed by atoms with E-state index >= 15 is 0 Å². The Kier molecular flexibility index (Phi) is 6.32. The van der Waals surface area contributed by atoms with Gasteiger partial charge in [0.15, 0.2) is 0 Å². The first-order chi connectivity index (χ1) is 12.0. The number of hydrogen-bond donors (Lipinski definition) is 0. The smallest absolute Gasteiger partial charge is 0.282 e. The lowest BCUT2D eigenvalue weighted by atomic mass is 10.1. The molecule has 3 fully saturated rings. The van der Waals surface area contributed by atoms with Crippen LogP contribution in [0.4, 0.5) is 0 Å². The molecule has 0 bridgehead atoms. The molecule has 3 rings (SSSR count). The highest BCUT2D eigenvalue weighted by Gasteiger charge is 2.34. The van der Waals surface area contributed by atoms with E-state index in [-0.39, 0.29) is 12.0 Å². The average molecular weight is 375 g/mol. The molecule has 0 radical (unpaired) electrons. The molecule has 8 nitrogen and oxygen atoms in total. The molecular weight excluding hydrogens is 344 g/mol. The van der Waals surface area contributed by atoms with Gasteiger partial charge in [-0.3, -0.25) is 4.79 Å². The number of rotatable bonds is 5. The van der Waals surface area contributed by atoms with Gasteiger partial charge in [0.05, 0.1) is 6.10 Å². The van der Waals surface area contributed by atoms with E-state index in [1.54, 1.807) is 9.21 Å². The van der Waals surface area contributed by atoms with Crippen molar-refractivity contribution in [2.75, 3.05) is 66.0 Å². The molecule has 3 heterocycles. The molecular formula is C16H30N4O4S. The summed E-state index contributed by atoms with van der Waals surface area (Å²) in [6.07, 6.45) is 3.63. The SMILES string of the molecule is CN1CCN(S(=O)(=O)N2CCN(C(=O)CCC3CCCO3)CC2)CC1. The second-order valence-corrected chi connectivity index (χ2v) is 9.09. The van der Waals surface area contributed by atoms with Gasteiger partial charge in [-0.05, 0) is 26.3 Å². The summed E-state index contributed by atoms with van der Waals surface area (Å²) in [6, 6.07) is 0. The van der Waals surface area contributed by atoms with Crippen molar-refractivity contribution in [2.45, 2.75) is 31.8 Å². The summed E-state index contributed by atoms with van der Waals surface area (Å²) < 4.78 is 34.1. The largest absolute Gasteiger partial charge is 0.378 e. The first-order valence-electron chi connectivity index (χ1n) is 9.30. The van der Waals surface area contributed by atoms with Crippen molar-refractivity contribution in [1.82, 2.24) is 18.4 Å². The zero-order chi connectivity index (χ0) is 17.9. The number of piperazine rings is 2. The average Bonchev–Trinajstić information content (AvgIpc) is 3.14. The Balaban J connectivity index is 1.45. The standard InChI is InChI=1S/C16H30N4O4S/c1-17-6-10-19(11-7-17)25(22,23)20-12-8-18(9-13-20)16(21)5-4-15-3-2-14-24-15/h15H,2-14H2,1H3. The molecule has 1 atom stereocenters. The molecule has 0 aliphatic carbocycles. The minimum absolute atomic E-state index is 0.118. The predicted molar refractivity (Wildman–Crippen MR) is 94.4 cm³/mol. The Morgan fingerprint density at radius 3 is 2.16 bits per heavy atom. The van der Waals surface area contributed by atoms with Crippen molar-refractivity contribution >= 4 is 16.1 Å². The third-order valence-corrected chi connectivity index (χ3v) is 7.45. The highest BCUT2D eigenvalue weighted by Crippen LogP contribution is 2.19. The van der Waals surface area contributed by atoms with E-state index in [9.17, 15) is 13.2 Å². The van der Waals surface area contributed by atoms with Crippen molar-refractivity contribution in [3.63, 3.8) is 0 Å². The van der Waals surface area contributed by atoms with Crippen molar-refractivity contribution in [1.29, 1.82) is 0 Å². The van der Waals surface area contributed by atoms with E-state index in [1.807, 2.05) is 7.05 Å². The van der Waals surface area contributed by atoms with Crippen molar-refractivity contribution in [3.8, 4) is 0 Å². The van der Waals surface area contributed by atoms with Gasteiger partial charge in [-0.1, -0.05) is 0 Å². The number of carbonyl (C=O) groups excluding carboxylic acids is 1. The fourth-order valence-corrected chi connectivity index (χ4v) is 5.24. The molecule has 0 aromatic rings. The molecule has 0 spiro atoms. The maximum absolute atomic E-state index is 12.7. The molecule has 0 aromatic heterocycles. The zero-order valence-corrected chi connectivity index (χ0v) is 15.9. The maximum Gasteiger partial charge on any atom is 0.282 e. The van der Waals surface area contributed by atoms with Gasteiger partial charge in [0.1, 0.15) is 0 Å². The third-order valence-electron chi connectivity index (χ3n) is 5.41. The number of hydrogen-bond acceptors (Lipinski definition) is 5. The Morgan fingerprint density at radius 2 is 1.60 bits per heavy atom. The molecule has 0 aromatic carbocycles. The summed E-state index contributed by atoms with van der Waals surface area (Å²) in [5.41, 5.74) is 0. The predicted octanol–water partition coefficient (Wildman–Crippen LogP) is -0.418. The van der Waals surface area contributed by atoms with Gasteiger partial charge in [-0.15, -0.1) is 0 Å². The van der Waals surface area contributed by atoms with Gasteiger partial charge >= 0.3 is 0 Å². The summed E-state index contributed by atoms with van der Waals surface area (Å²) in [7, 11) is -1.40. The number of carbonyl (C=O) groups is 1. The number of amides is 1. The van der Waals surface area contributed by atoms with Crippen LogP contribution in [0.1, 0.15) is 25.7 Å². The highest BCUT2D eigenvalue weighted by molar-refractivity contribution is 7.86. The summed E-state index contributed by atoms with van der Waals surface area (Å²) in [5, 5.41) is 0. The van der Waals surface area contributed by atoms with Gasteiger partial charge < -0.3 is 14.5 Å². The molecule has 9 heteroatoms. The van der Waals surface area contributed by atoms with E-state index < -0.39 is 10.2 Å². The molecule has 0 N–H and O–H groups in total. The summed E-state index contributed by atoms with van der Waals surface area (Å²) >= 11 is 0. The Labute approximate surface area is 150 Å². The summed E-state index contributed by atoms with van der Waals surface area (Å²) in [6.45, 7) is 5.16. The van der Waals surface area contributed by atoms with Crippen LogP contribution in [-0.4, -0.2) is 105 Å². The monoisotopic (exact) mass is 374 g/mol. The van der Waals surface area contributed by atoms with Gasteiger partial charge in [-0.2, -0.15) is 17.0 Å². The molecule has 1 unspecified atom stereocenters. The summed E-state index contributed by atoms with van der Waals surface area (Å²) in [4.78, 5) is 16.3. The normalized spacial score (nSPS) is 27.7. The minimum atomic E-state index is -3.40. The molecule has 1 amide bonds. The van der Waals surface area contributed by atoms with Gasteiger partial charge in [-0.25, -0.2) is 0 Å². The Hall–Kier alpha value is -0.740. The molecule has 25 heavy (non-hydrogen) atoms. The molecule has 144 valence electrons. The van der Waals surface area contributed by atoms with Crippen LogP contribution in [0, 0.1) is 0 Å². The first-order valence-corrected chi connectivity index (χ1v) is 10.7. The Morgan fingerprint density at radius 1 is 1.00 bits per heavy atom. The lowest BCUT2D eigenvalue weighted by molar-refractivity contribution is -0.133. The van der Waals surface area contributed by atoms with Crippen LogP contribution in [0.3, 0.4) is 0 Å². The van der Waals surface area contributed by atoms with Crippen LogP contribution < -0.4 is 0 Å². The van der Waals surface area contributed by atoms with Crippen LogP contribution in [-0.2, 0) is 19.7 Å². The van der Waals surface area contributed by atoms with E-state index in [0.29, 0.717) is 45.7 Å². The van der Waals surface area contributed by atoms with E-state index in [1.165, 1.54) is 4.31 Å². The fourth-order valence-electron chi connectivity index (χ4n) is 3.66. The quantitative estimate of drug-likeness (QED) is 0.654. The highest BCUT2D eigenvalue weighted by atomic mass is 32.2. The summed E-state index contributed by atoms with van der Waals surface area (Å²) in [5.74, 6) is 0.118. The number of ether oxygens (including phenoxy) is 1. The van der Waals surface area contributed by atoms with E-state index in [0.717, 1.165) is 39.0 Å². The van der Waals surface area contributed by atoms with Gasteiger partial charge in [0.25, 0.3) is 10.2 Å². The number of likely N-dealkylation sites (N-methyl/N-ethyl adjacent to an activating group) is 1. The van der Waals surface area contributed by atoms with Crippen LogP contribution in [0.15, 0.2) is 0 Å². The van der Waals surface area contributed by atoms with Gasteiger partial charge in [0.2, 0.25) is 5.91 Å². The third kappa shape index (κ3) is 4.71. The van der Waals surface area contributed by atoms with Crippen LogP contribution in [0.5, 0.6) is 0 Å². The Bertz CT molecular complexity index is 548. The maximum atomic E-state index is 12.7. The zero-order valence-electron chi connectivity index (χ0n) is 15.1. The second-order valence-electron chi connectivity index (χ2n) is 7.16. The topological polar surface area (TPSA) is 73.4 Å². The van der Waals surface area contributed by atoms with Crippen LogP contribution in [0.2, 0.25) is 0 Å². The lowest BCUT2D eigenvalue weighted by Gasteiger charge is -2.39. The van der Waals surface area contributed by atoms with Crippen LogP contribution in [0.25, 0.3) is 0 Å². The molecule has 3 aliphatic rings. The minimum Gasteiger partial charge on any atom is -0.378 e. The molecule has 3 aliphatic heterocycles. The van der Waals surface area contributed by atoms with Crippen molar-refractivity contribution < 1.29 is 17.9 Å². The van der Waals surface area contributed by atoms with Crippen molar-refractivity contribution in [3.05, 3.63) is 0 Å².